The predicted molar refractivity (Wildman–Crippen MR) is 86.4 cm³/mol. The lowest BCUT2D eigenvalue weighted by atomic mass is 9.88. The summed E-state index contributed by atoms with van der Waals surface area (Å²) in [5, 5.41) is 3.43. The fourth-order valence-electron chi connectivity index (χ4n) is 2.33. The Morgan fingerprint density at radius 3 is 2.43 bits per heavy atom. The van der Waals surface area contributed by atoms with Gasteiger partial charge in [-0.15, -0.1) is 0 Å². The lowest BCUT2D eigenvalue weighted by Crippen LogP contribution is -2.55. The van der Waals surface area contributed by atoms with Crippen LogP contribution in [0.4, 0.5) is 0 Å². The number of rotatable bonds is 9. The molecule has 4 heteroatoms. The smallest absolute Gasteiger partial charge is 0.326 e. The number of nitrogens with one attached hydrogen (secondary N) is 1. The third-order valence-corrected chi connectivity index (χ3v) is 3.64. The van der Waals surface area contributed by atoms with Gasteiger partial charge in [0.15, 0.2) is 0 Å². The van der Waals surface area contributed by atoms with E-state index in [0.29, 0.717) is 19.4 Å². The number of carbonyl (C=O) groups is 1. The molecule has 0 amide bonds. The summed E-state index contributed by atoms with van der Waals surface area (Å²) in [5.41, 5.74) is 0.498. The molecule has 0 aliphatic heterocycles. The molecule has 0 fully saturated rings. The summed E-state index contributed by atoms with van der Waals surface area (Å²) in [6, 6.07) is 10.1. The van der Waals surface area contributed by atoms with Crippen LogP contribution >= 0.6 is 0 Å². The molecule has 0 heterocycles. The Balaban J connectivity index is 2.87. The van der Waals surface area contributed by atoms with Gasteiger partial charge < -0.3 is 15.0 Å². The van der Waals surface area contributed by atoms with E-state index in [-0.39, 0.29) is 5.97 Å². The van der Waals surface area contributed by atoms with Crippen molar-refractivity contribution in [2.24, 2.45) is 0 Å². The molecule has 1 aromatic carbocycles. The average molecular weight is 292 g/mol. The predicted octanol–water partition coefficient (Wildman–Crippen LogP) is 2.09. The Bertz CT molecular complexity index is 420. The van der Waals surface area contributed by atoms with Gasteiger partial charge in [-0.1, -0.05) is 37.3 Å². The van der Waals surface area contributed by atoms with Crippen molar-refractivity contribution in [3.63, 3.8) is 0 Å². The van der Waals surface area contributed by atoms with E-state index >= 15 is 0 Å². The van der Waals surface area contributed by atoms with Crippen LogP contribution in [0.2, 0.25) is 0 Å². The van der Waals surface area contributed by atoms with Gasteiger partial charge in [0.05, 0.1) is 6.61 Å². The first-order chi connectivity index (χ1) is 10.0. The van der Waals surface area contributed by atoms with Crippen LogP contribution in [0.1, 0.15) is 25.8 Å². The third-order valence-electron chi connectivity index (χ3n) is 3.64. The van der Waals surface area contributed by atoms with E-state index in [9.17, 15) is 4.79 Å². The Morgan fingerprint density at radius 1 is 1.24 bits per heavy atom. The molecule has 0 spiro atoms. The van der Waals surface area contributed by atoms with Gasteiger partial charge in [0, 0.05) is 19.5 Å². The third kappa shape index (κ3) is 5.48. The highest BCUT2D eigenvalue weighted by molar-refractivity contribution is 5.81. The molecule has 0 aliphatic rings. The fraction of sp³-hybridized carbons (Fsp3) is 0.588. The molecule has 1 aromatic rings. The minimum atomic E-state index is -0.645. The highest BCUT2D eigenvalue weighted by Crippen LogP contribution is 2.19. The normalized spacial score (nSPS) is 14.0. The second kappa shape index (κ2) is 8.80. The molecule has 1 N–H and O–H groups in total. The maximum Gasteiger partial charge on any atom is 0.326 e. The van der Waals surface area contributed by atoms with Crippen molar-refractivity contribution in [1.29, 1.82) is 0 Å². The second-order valence-electron chi connectivity index (χ2n) is 5.55. The van der Waals surface area contributed by atoms with Gasteiger partial charge in [0.1, 0.15) is 5.54 Å². The molecule has 4 nitrogen and oxygen atoms in total. The topological polar surface area (TPSA) is 41.6 Å². The van der Waals surface area contributed by atoms with Crippen molar-refractivity contribution >= 4 is 5.97 Å². The first kappa shape index (κ1) is 17.7. The van der Waals surface area contributed by atoms with Crippen molar-refractivity contribution < 1.29 is 9.53 Å². The zero-order valence-electron chi connectivity index (χ0n) is 13.7. The quantitative estimate of drug-likeness (QED) is 0.708. The number of hydrogen-bond acceptors (Lipinski definition) is 4. The average Bonchev–Trinajstić information content (AvgIpc) is 2.47. The molecule has 0 bridgehead atoms. The maximum atomic E-state index is 12.5. The van der Waals surface area contributed by atoms with E-state index in [1.165, 1.54) is 0 Å². The van der Waals surface area contributed by atoms with Gasteiger partial charge >= 0.3 is 5.97 Å². The SMILES string of the molecule is CCOC(=O)C(CC)(Cc1ccccc1)NCCN(C)C. The number of nitrogens with zero attached hydrogens (tertiary/aromatic N) is 1. The number of benzene rings is 1. The van der Waals surface area contributed by atoms with Crippen LogP contribution in [0.3, 0.4) is 0 Å². The standard InChI is InChI=1S/C17H28N2O2/c1-5-17(16(20)21-6-2,18-12-13-19(3)4)14-15-10-8-7-9-11-15/h7-11,18H,5-6,12-14H2,1-4H3. The van der Waals surface area contributed by atoms with Crippen LogP contribution in [0.5, 0.6) is 0 Å². The summed E-state index contributed by atoms with van der Waals surface area (Å²) < 4.78 is 5.31. The maximum absolute atomic E-state index is 12.5. The molecule has 1 atom stereocenters. The molecule has 0 saturated heterocycles. The van der Waals surface area contributed by atoms with Gasteiger partial charge in [-0.05, 0) is 33.0 Å². The Hall–Kier alpha value is -1.39. The molecule has 0 aromatic heterocycles. The van der Waals surface area contributed by atoms with Crippen molar-refractivity contribution in [1.82, 2.24) is 10.2 Å². The fourth-order valence-corrected chi connectivity index (χ4v) is 2.33. The number of ether oxygens (including phenoxy) is 1. The van der Waals surface area contributed by atoms with Crippen molar-refractivity contribution in [3.05, 3.63) is 35.9 Å². The minimum absolute atomic E-state index is 0.157. The first-order valence-electron chi connectivity index (χ1n) is 7.65. The molecule has 21 heavy (non-hydrogen) atoms. The highest BCUT2D eigenvalue weighted by atomic mass is 16.5. The van der Waals surface area contributed by atoms with Gasteiger partial charge in [-0.3, -0.25) is 4.79 Å². The largest absolute Gasteiger partial charge is 0.465 e. The molecular weight excluding hydrogens is 264 g/mol. The van der Waals surface area contributed by atoms with E-state index < -0.39 is 5.54 Å². The lowest BCUT2D eigenvalue weighted by Gasteiger charge is -2.32. The molecule has 118 valence electrons. The summed E-state index contributed by atoms with van der Waals surface area (Å²) in [6.45, 7) is 5.93. The van der Waals surface area contributed by atoms with E-state index in [1.54, 1.807) is 0 Å². The van der Waals surface area contributed by atoms with Crippen molar-refractivity contribution in [3.8, 4) is 0 Å². The lowest BCUT2D eigenvalue weighted by molar-refractivity contribution is -0.151. The van der Waals surface area contributed by atoms with Crippen LogP contribution in [-0.2, 0) is 16.0 Å². The molecule has 0 radical (unpaired) electrons. The number of likely N-dealkylation sites (N-methyl/N-ethyl adjacent to an activating group) is 1. The number of carbonyl (C=O) groups excluding carboxylic acids is 1. The van der Waals surface area contributed by atoms with Gasteiger partial charge in [-0.2, -0.15) is 0 Å². The van der Waals surface area contributed by atoms with Crippen LogP contribution in [0, 0.1) is 0 Å². The molecule has 1 unspecified atom stereocenters. The summed E-state index contributed by atoms with van der Waals surface area (Å²) >= 11 is 0. The summed E-state index contributed by atoms with van der Waals surface area (Å²) in [6.07, 6.45) is 1.35. The van der Waals surface area contributed by atoms with Gasteiger partial charge in [0.2, 0.25) is 0 Å². The van der Waals surface area contributed by atoms with Gasteiger partial charge in [-0.25, -0.2) is 0 Å². The molecule has 1 rings (SSSR count). The van der Waals surface area contributed by atoms with Crippen LogP contribution in [0.15, 0.2) is 30.3 Å². The molecular formula is C17H28N2O2. The van der Waals surface area contributed by atoms with Crippen LogP contribution in [-0.4, -0.2) is 50.2 Å². The number of hydrogen-bond donors (Lipinski definition) is 1. The molecule has 0 aliphatic carbocycles. The first-order valence-corrected chi connectivity index (χ1v) is 7.65. The monoisotopic (exact) mass is 292 g/mol. The van der Waals surface area contributed by atoms with Crippen LogP contribution in [0.25, 0.3) is 0 Å². The zero-order valence-corrected chi connectivity index (χ0v) is 13.7. The van der Waals surface area contributed by atoms with Crippen molar-refractivity contribution in [2.45, 2.75) is 32.2 Å². The summed E-state index contributed by atoms with van der Waals surface area (Å²) in [7, 11) is 4.05. The minimum Gasteiger partial charge on any atom is -0.465 e. The number of esters is 1. The summed E-state index contributed by atoms with van der Waals surface area (Å²) in [4.78, 5) is 14.6. The van der Waals surface area contributed by atoms with E-state index in [2.05, 4.69) is 22.3 Å². The molecule has 0 saturated carbocycles. The Labute approximate surface area is 128 Å². The van der Waals surface area contributed by atoms with Gasteiger partial charge in [0.25, 0.3) is 0 Å². The Kier molecular flexibility index (Phi) is 7.40. The summed E-state index contributed by atoms with van der Waals surface area (Å²) in [5.74, 6) is -0.157. The van der Waals surface area contributed by atoms with Crippen molar-refractivity contribution in [2.75, 3.05) is 33.8 Å². The second-order valence-corrected chi connectivity index (χ2v) is 5.55. The van der Waals surface area contributed by atoms with E-state index in [4.69, 9.17) is 4.74 Å². The zero-order chi connectivity index (χ0) is 15.7. The Morgan fingerprint density at radius 2 is 1.90 bits per heavy atom. The van der Waals surface area contributed by atoms with E-state index in [0.717, 1.165) is 18.7 Å². The van der Waals surface area contributed by atoms with Crippen LogP contribution < -0.4 is 5.32 Å². The van der Waals surface area contributed by atoms with E-state index in [1.807, 2.05) is 46.1 Å². The highest BCUT2D eigenvalue weighted by Gasteiger charge is 2.37.